The molecule has 0 saturated heterocycles. The topological polar surface area (TPSA) is 46.5 Å². The molecule has 0 bridgehead atoms. The highest BCUT2D eigenvalue weighted by molar-refractivity contribution is 7.99. The van der Waals surface area contributed by atoms with Crippen molar-refractivity contribution in [3.8, 4) is 0 Å². The van der Waals surface area contributed by atoms with Gasteiger partial charge in [-0.1, -0.05) is 29.3 Å². The van der Waals surface area contributed by atoms with Crippen LogP contribution in [0.25, 0.3) is 0 Å². The Morgan fingerprint density at radius 3 is 2.59 bits per heavy atom. The molecule has 0 aliphatic heterocycles. The van der Waals surface area contributed by atoms with Gasteiger partial charge in [-0.05, 0) is 12.1 Å². The summed E-state index contributed by atoms with van der Waals surface area (Å²) in [5.74, 6) is -0.109. The number of methoxy groups -OCH3 is 1. The molecule has 0 aliphatic carbocycles. The van der Waals surface area contributed by atoms with Gasteiger partial charge in [0, 0.05) is 10.6 Å². The Bertz CT molecular complexity index is 378. The number of thioether (sulfide) groups is 1. The van der Waals surface area contributed by atoms with E-state index in [4.69, 9.17) is 23.2 Å². The Kier molecular flexibility index (Phi) is 6.12. The minimum Gasteiger partial charge on any atom is -0.469 e. The van der Waals surface area contributed by atoms with Crippen molar-refractivity contribution >= 4 is 40.9 Å². The summed E-state index contributed by atoms with van der Waals surface area (Å²) in [5.41, 5.74) is 0. The van der Waals surface area contributed by atoms with Crippen molar-refractivity contribution in [2.24, 2.45) is 0 Å². The van der Waals surface area contributed by atoms with Gasteiger partial charge in [-0.25, -0.2) is 0 Å². The molecule has 0 spiro atoms. The van der Waals surface area contributed by atoms with Gasteiger partial charge in [-0.2, -0.15) is 0 Å². The summed E-state index contributed by atoms with van der Waals surface area (Å²) in [5, 5.41) is 10.7. The largest absolute Gasteiger partial charge is 0.469 e. The molecule has 0 saturated carbocycles. The SMILES string of the molecule is COC(=O)C[C@@H](O)CSc1c(Cl)cccc1Cl. The van der Waals surface area contributed by atoms with Gasteiger partial charge < -0.3 is 9.84 Å². The van der Waals surface area contributed by atoms with Gasteiger partial charge in [-0.15, -0.1) is 11.8 Å². The summed E-state index contributed by atoms with van der Waals surface area (Å²) >= 11 is 13.2. The van der Waals surface area contributed by atoms with Gasteiger partial charge in [-0.3, -0.25) is 4.79 Å². The summed E-state index contributed by atoms with van der Waals surface area (Å²) in [6, 6.07) is 5.20. The lowest BCUT2D eigenvalue weighted by Gasteiger charge is -2.10. The van der Waals surface area contributed by atoms with Crippen LogP contribution in [0.15, 0.2) is 23.1 Å². The van der Waals surface area contributed by atoms with E-state index in [0.717, 1.165) is 0 Å². The molecule has 0 amide bonds. The summed E-state index contributed by atoms with van der Waals surface area (Å²) in [6.07, 6.45) is -0.814. The first-order valence-corrected chi connectivity index (χ1v) is 6.60. The molecule has 1 rings (SSSR count). The molecule has 17 heavy (non-hydrogen) atoms. The van der Waals surface area contributed by atoms with Crippen LogP contribution in [0.1, 0.15) is 6.42 Å². The molecule has 6 heteroatoms. The van der Waals surface area contributed by atoms with Crippen molar-refractivity contribution in [3.63, 3.8) is 0 Å². The van der Waals surface area contributed by atoms with Gasteiger partial charge >= 0.3 is 5.97 Å². The smallest absolute Gasteiger partial charge is 0.308 e. The van der Waals surface area contributed by atoms with Gasteiger partial charge in [0.15, 0.2) is 0 Å². The fraction of sp³-hybridized carbons (Fsp3) is 0.364. The third kappa shape index (κ3) is 4.76. The van der Waals surface area contributed by atoms with Crippen molar-refractivity contribution in [2.75, 3.05) is 12.9 Å². The summed E-state index contributed by atoms with van der Waals surface area (Å²) < 4.78 is 4.46. The minimum absolute atomic E-state index is 0.0361. The zero-order valence-electron chi connectivity index (χ0n) is 9.15. The van der Waals surface area contributed by atoms with E-state index in [2.05, 4.69) is 4.74 Å². The quantitative estimate of drug-likeness (QED) is 0.670. The number of aliphatic hydroxyl groups excluding tert-OH is 1. The number of ether oxygens (including phenoxy) is 1. The zero-order chi connectivity index (χ0) is 12.8. The monoisotopic (exact) mass is 294 g/mol. The van der Waals surface area contributed by atoms with Crippen LogP contribution in [0, 0.1) is 0 Å². The standard InChI is InChI=1S/C11H12Cl2O3S/c1-16-10(15)5-7(14)6-17-11-8(12)3-2-4-9(11)13/h2-4,7,14H,5-6H2,1H3/t7-/m1/s1. The summed E-state index contributed by atoms with van der Waals surface area (Å²) in [6.45, 7) is 0. The second kappa shape index (κ2) is 7.11. The van der Waals surface area contributed by atoms with Crippen molar-refractivity contribution < 1.29 is 14.6 Å². The molecule has 1 N–H and O–H groups in total. The normalized spacial score (nSPS) is 12.2. The molecule has 0 aromatic heterocycles. The first-order chi connectivity index (χ1) is 8.04. The summed E-state index contributed by atoms with van der Waals surface area (Å²) in [7, 11) is 1.28. The van der Waals surface area contributed by atoms with E-state index < -0.39 is 12.1 Å². The first-order valence-electron chi connectivity index (χ1n) is 4.86. The number of hydrogen-bond acceptors (Lipinski definition) is 4. The molecule has 1 aromatic carbocycles. The average Bonchev–Trinajstić information content (AvgIpc) is 2.28. The second-order valence-electron chi connectivity index (χ2n) is 3.30. The number of esters is 1. The second-order valence-corrected chi connectivity index (χ2v) is 5.14. The molecule has 1 aromatic rings. The predicted molar refractivity (Wildman–Crippen MR) is 69.8 cm³/mol. The van der Waals surface area contributed by atoms with Crippen molar-refractivity contribution in [1.82, 2.24) is 0 Å². The minimum atomic E-state index is -0.778. The zero-order valence-corrected chi connectivity index (χ0v) is 11.5. The van der Waals surface area contributed by atoms with Crippen molar-refractivity contribution in [2.45, 2.75) is 17.4 Å². The highest BCUT2D eigenvalue weighted by atomic mass is 35.5. The van der Waals surface area contributed by atoms with Gasteiger partial charge in [0.1, 0.15) is 0 Å². The third-order valence-electron chi connectivity index (χ3n) is 1.97. The molecule has 0 radical (unpaired) electrons. The molecular formula is C11H12Cl2O3S. The van der Waals surface area contributed by atoms with Crippen molar-refractivity contribution in [3.05, 3.63) is 28.2 Å². The lowest BCUT2D eigenvalue weighted by Crippen LogP contribution is -2.16. The lowest BCUT2D eigenvalue weighted by atomic mass is 10.3. The molecule has 1 atom stereocenters. The van der Waals surface area contributed by atoms with E-state index in [1.54, 1.807) is 18.2 Å². The highest BCUT2D eigenvalue weighted by Gasteiger charge is 2.13. The van der Waals surface area contributed by atoms with Crippen LogP contribution in [-0.2, 0) is 9.53 Å². The Morgan fingerprint density at radius 2 is 2.06 bits per heavy atom. The highest BCUT2D eigenvalue weighted by Crippen LogP contribution is 2.34. The number of halogens is 2. The van der Waals surface area contributed by atoms with E-state index in [-0.39, 0.29) is 6.42 Å². The Balaban J connectivity index is 2.53. The fourth-order valence-corrected chi connectivity index (χ4v) is 2.75. The third-order valence-corrected chi connectivity index (χ3v) is 4.10. The van der Waals surface area contributed by atoms with Crippen LogP contribution in [0.4, 0.5) is 0 Å². The van der Waals surface area contributed by atoms with Crippen LogP contribution in [-0.4, -0.2) is 30.0 Å². The van der Waals surface area contributed by atoms with Crippen LogP contribution >= 0.6 is 35.0 Å². The Labute approximate surface area is 114 Å². The maximum absolute atomic E-state index is 10.9. The van der Waals surface area contributed by atoms with Crippen molar-refractivity contribution in [1.29, 1.82) is 0 Å². The number of carbonyl (C=O) groups excluding carboxylic acids is 1. The molecule has 94 valence electrons. The van der Waals surface area contributed by atoms with Crippen LogP contribution in [0.3, 0.4) is 0 Å². The first kappa shape index (κ1) is 14.6. The Morgan fingerprint density at radius 1 is 1.47 bits per heavy atom. The van der Waals surface area contributed by atoms with Crippen LogP contribution in [0.5, 0.6) is 0 Å². The lowest BCUT2D eigenvalue weighted by molar-refractivity contribution is -0.142. The Hall–Kier alpha value is -0.420. The van der Waals surface area contributed by atoms with Crippen LogP contribution in [0.2, 0.25) is 10.0 Å². The maximum atomic E-state index is 10.9. The van der Waals surface area contributed by atoms with E-state index in [9.17, 15) is 9.90 Å². The summed E-state index contributed by atoms with van der Waals surface area (Å²) in [4.78, 5) is 11.6. The average molecular weight is 295 g/mol. The number of hydrogen-bond donors (Lipinski definition) is 1. The van der Waals surface area contributed by atoms with E-state index >= 15 is 0 Å². The molecule has 0 fully saturated rings. The van der Waals surface area contributed by atoms with Gasteiger partial charge in [0.2, 0.25) is 0 Å². The number of benzene rings is 1. The molecule has 0 aliphatic rings. The van der Waals surface area contributed by atoms with Gasteiger partial charge in [0.05, 0.1) is 29.7 Å². The molecule has 0 heterocycles. The molecular weight excluding hydrogens is 283 g/mol. The number of rotatable bonds is 5. The van der Waals surface area contributed by atoms with Crippen LogP contribution < -0.4 is 0 Å². The molecule has 3 nitrogen and oxygen atoms in total. The van der Waals surface area contributed by atoms with E-state index in [1.165, 1.54) is 18.9 Å². The fourth-order valence-electron chi connectivity index (χ4n) is 1.13. The maximum Gasteiger partial charge on any atom is 0.308 e. The van der Waals surface area contributed by atoms with Gasteiger partial charge in [0.25, 0.3) is 0 Å². The number of aliphatic hydroxyl groups is 1. The number of carbonyl (C=O) groups is 1. The van der Waals surface area contributed by atoms with E-state index in [1.807, 2.05) is 0 Å². The van der Waals surface area contributed by atoms with E-state index in [0.29, 0.717) is 20.7 Å². The predicted octanol–water partition coefficient (Wildman–Crippen LogP) is 3.01. The molecule has 0 unspecified atom stereocenters.